The maximum absolute atomic E-state index is 12.1. The van der Waals surface area contributed by atoms with Crippen molar-refractivity contribution in [3.63, 3.8) is 0 Å². The number of nitrogens with one attached hydrogen (secondary N) is 1. The lowest BCUT2D eigenvalue weighted by Crippen LogP contribution is -2.36. The molecule has 0 unspecified atom stereocenters. The molecule has 1 fully saturated rings. The normalized spacial score (nSPS) is 16.1. The minimum atomic E-state index is -0.00716. The van der Waals surface area contributed by atoms with Gasteiger partial charge in [0, 0.05) is 17.7 Å². The van der Waals surface area contributed by atoms with Crippen LogP contribution in [0, 0.1) is 17.8 Å². The number of amides is 1. The molecule has 0 spiro atoms. The van der Waals surface area contributed by atoms with Crippen molar-refractivity contribution in [3.05, 3.63) is 35.4 Å². The van der Waals surface area contributed by atoms with E-state index in [-0.39, 0.29) is 5.91 Å². The van der Waals surface area contributed by atoms with E-state index in [0.29, 0.717) is 18.0 Å². The Labute approximate surface area is 126 Å². The first-order valence-electron chi connectivity index (χ1n) is 7.45. The quantitative estimate of drug-likeness (QED) is 0.817. The first-order chi connectivity index (χ1) is 10.2. The molecule has 0 radical (unpaired) electrons. The van der Waals surface area contributed by atoms with Gasteiger partial charge in [-0.05, 0) is 63.2 Å². The van der Waals surface area contributed by atoms with Crippen LogP contribution in [0.25, 0.3) is 0 Å². The van der Waals surface area contributed by atoms with Crippen molar-refractivity contribution in [1.82, 2.24) is 10.2 Å². The Morgan fingerprint density at radius 2 is 2.00 bits per heavy atom. The van der Waals surface area contributed by atoms with E-state index in [9.17, 15) is 4.79 Å². The summed E-state index contributed by atoms with van der Waals surface area (Å²) in [4.78, 5) is 14.4. The number of carbonyl (C=O) groups excluding carboxylic acids is 1. The van der Waals surface area contributed by atoms with Gasteiger partial charge in [-0.25, -0.2) is 0 Å². The summed E-state index contributed by atoms with van der Waals surface area (Å²) in [6, 6.07) is 7.33. The van der Waals surface area contributed by atoms with Crippen molar-refractivity contribution in [3.8, 4) is 11.8 Å². The Morgan fingerprint density at radius 1 is 1.33 bits per heavy atom. The van der Waals surface area contributed by atoms with Gasteiger partial charge in [0.1, 0.15) is 0 Å². The van der Waals surface area contributed by atoms with E-state index >= 15 is 0 Å². The number of carbonyl (C=O) groups is 1. The molecule has 0 saturated carbocycles. The lowest BCUT2D eigenvalue weighted by Gasteiger charge is -2.28. The van der Waals surface area contributed by atoms with E-state index in [1.54, 1.807) is 0 Å². The molecule has 1 aliphatic heterocycles. The van der Waals surface area contributed by atoms with Crippen LogP contribution in [0.3, 0.4) is 0 Å². The summed E-state index contributed by atoms with van der Waals surface area (Å²) in [5.74, 6) is 6.34. The Morgan fingerprint density at radius 3 is 2.62 bits per heavy atom. The molecule has 1 aromatic carbocycles. The summed E-state index contributed by atoms with van der Waals surface area (Å²) in [7, 11) is 2.14. The molecule has 0 aliphatic carbocycles. The molecule has 0 bridgehead atoms. The van der Waals surface area contributed by atoms with E-state index in [4.69, 9.17) is 5.73 Å². The fourth-order valence-electron chi connectivity index (χ4n) is 2.46. The van der Waals surface area contributed by atoms with Crippen LogP contribution in [0.15, 0.2) is 24.3 Å². The van der Waals surface area contributed by atoms with Gasteiger partial charge in [0.15, 0.2) is 0 Å². The summed E-state index contributed by atoms with van der Waals surface area (Å²) in [5, 5.41) is 3.03. The van der Waals surface area contributed by atoms with Crippen molar-refractivity contribution in [2.75, 3.05) is 33.2 Å². The summed E-state index contributed by atoms with van der Waals surface area (Å²) >= 11 is 0. The van der Waals surface area contributed by atoms with E-state index in [2.05, 4.69) is 29.1 Å². The molecule has 21 heavy (non-hydrogen) atoms. The van der Waals surface area contributed by atoms with Gasteiger partial charge < -0.3 is 16.0 Å². The van der Waals surface area contributed by atoms with Gasteiger partial charge in [-0.3, -0.25) is 4.79 Å². The zero-order valence-electron chi connectivity index (χ0n) is 12.6. The van der Waals surface area contributed by atoms with E-state index in [1.165, 1.54) is 0 Å². The second-order valence-corrected chi connectivity index (χ2v) is 5.54. The van der Waals surface area contributed by atoms with Crippen LogP contribution in [0.4, 0.5) is 0 Å². The Balaban J connectivity index is 1.83. The van der Waals surface area contributed by atoms with Crippen molar-refractivity contribution in [1.29, 1.82) is 0 Å². The first kappa shape index (κ1) is 15.6. The maximum Gasteiger partial charge on any atom is 0.251 e. The molecule has 2 rings (SSSR count). The highest BCUT2D eigenvalue weighted by Crippen LogP contribution is 2.15. The molecule has 1 aliphatic rings. The van der Waals surface area contributed by atoms with Crippen LogP contribution in [-0.2, 0) is 0 Å². The number of hydrogen-bond donors (Lipinski definition) is 2. The number of nitrogens with two attached hydrogens (primary N) is 1. The van der Waals surface area contributed by atoms with Crippen molar-refractivity contribution in [2.24, 2.45) is 11.7 Å². The second kappa shape index (κ2) is 7.82. The third-order valence-electron chi connectivity index (χ3n) is 3.87. The van der Waals surface area contributed by atoms with E-state index in [0.717, 1.165) is 38.0 Å². The topological polar surface area (TPSA) is 58.4 Å². The largest absolute Gasteiger partial charge is 0.352 e. The second-order valence-electron chi connectivity index (χ2n) is 5.54. The lowest BCUT2D eigenvalue weighted by molar-refractivity contribution is 0.0939. The lowest BCUT2D eigenvalue weighted by atomic mass is 9.97. The van der Waals surface area contributed by atoms with Crippen molar-refractivity contribution >= 4 is 5.91 Å². The molecule has 1 saturated heterocycles. The molecule has 0 aromatic heterocycles. The van der Waals surface area contributed by atoms with Gasteiger partial charge in [0.05, 0.1) is 6.54 Å². The molecule has 0 atom stereocenters. The molecule has 1 heterocycles. The van der Waals surface area contributed by atoms with Gasteiger partial charge >= 0.3 is 0 Å². The summed E-state index contributed by atoms with van der Waals surface area (Å²) < 4.78 is 0. The average Bonchev–Trinajstić information content (AvgIpc) is 2.52. The summed E-state index contributed by atoms with van der Waals surface area (Å²) in [6.45, 7) is 3.35. The van der Waals surface area contributed by atoms with Crippen molar-refractivity contribution in [2.45, 2.75) is 12.8 Å². The SMILES string of the molecule is CN1CCC(CNC(=O)c2ccc(C#CCN)cc2)CC1. The Kier molecular flexibility index (Phi) is 5.79. The van der Waals surface area contributed by atoms with Crippen LogP contribution < -0.4 is 11.1 Å². The highest BCUT2D eigenvalue weighted by molar-refractivity contribution is 5.94. The average molecular weight is 285 g/mol. The predicted octanol–water partition coefficient (Wildman–Crippen LogP) is 1.07. The third-order valence-corrected chi connectivity index (χ3v) is 3.87. The zero-order chi connectivity index (χ0) is 15.1. The molecule has 3 N–H and O–H groups in total. The molecular formula is C17H23N3O. The highest BCUT2D eigenvalue weighted by atomic mass is 16.1. The monoisotopic (exact) mass is 285 g/mol. The van der Waals surface area contributed by atoms with E-state index < -0.39 is 0 Å². The standard InChI is InChI=1S/C17H23N3O/c1-20-11-8-15(9-12-20)13-19-17(21)16-6-4-14(5-7-16)3-2-10-18/h4-7,15H,8-13,18H2,1H3,(H,19,21). The fourth-order valence-corrected chi connectivity index (χ4v) is 2.46. The molecule has 1 amide bonds. The number of piperidine rings is 1. The van der Waals surface area contributed by atoms with Gasteiger partial charge in [-0.15, -0.1) is 0 Å². The van der Waals surface area contributed by atoms with E-state index in [1.807, 2.05) is 24.3 Å². The first-order valence-corrected chi connectivity index (χ1v) is 7.45. The molecular weight excluding hydrogens is 262 g/mol. The summed E-state index contributed by atoms with van der Waals surface area (Å²) in [6.07, 6.45) is 2.31. The molecule has 4 nitrogen and oxygen atoms in total. The number of hydrogen-bond acceptors (Lipinski definition) is 3. The van der Waals surface area contributed by atoms with Crippen molar-refractivity contribution < 1.29 is 4.79 Å². The zero-order valence-corrected chi connectivity index (χ0v) is 12.6. The highest BCUT2D eigenvalue weighted by Gasteiger charge is 2.17. The van der Waals surface area contributed by atoms with Crippen LogP contribution in [0.2, 0.25) is 0 Å². The Hall–Kier alpha value is -1.83. The fraction of sp³-hybridized carbons (Fsp3) is 0.471. The van der Waals surface area contributed by atoms with Crippen LogP contribution in [-0.4, -0.2) is 44.0 Å². The van der Waals surface area contributed by atoms with Gasteiger partial charge in [0.2, 0.25) is 0 Å². The van der Waals surface area contributed by atoms with Crippen LogP contribution >= 0.6 is 0 Å². The Bertz CT molecular complexity index is 519. The van der Waals surface area contributed by atoms with Gasteiger partial charge in [-0.1, -0.05) is 11.8 Å². The smallest absolute Gasteiger partial charge is 0.251 e. The van der Waals surface area contributed by atoms with Gasteiger partial charge in [-0.2, -0.15) is 0 Å². The third kappa shape index (κ3) is 4.89. The minimum Gasteiger partial charge on any atom is -0.352 e. The number of benzene rings is 1. The maximum atomic E-state index is 12.1. The molecule has 112 valence electrons. The number of nitrogens with zero attached hydrogens (tertiary/aromatic N) is 1. The molecule has 1 aromatic rings. The van der Waals surface area contributed by atoms with Gasteiger partial charge in [0.25, 0.3) is 5.91 Å². The predicted molar refractivity (Wildman–Crippen MR) is 84.9 cm³/mol. The van der Waals surface area contributed by atoms with Crippen LogP contribution in [0.1, 0.15) is 28.8 Å². The number of rotatable bonds is 3. The summed E-state index contributed by atoms with van der Waals surface area (Å²) in [5.41, 5.74) is 6.90. The number of likely N-dealkylation sites (tertiary alicyclic amines) is 1. The minimum absolute atomic E-state index is 0.00716. The molecule has 4 heteroatoms. The van der Waals surface area contributed by atoms with Crippen LogP contribution in [0.5, 0.6) is 0 Å².